The van der Waals surface area contributed by atoms with Gasteiger partial charge in [-0.05, 0) is 32.0 Å². The van der Waals surface area contributed by atoms with E-state index in [0.717, 1.165) is 5.69 Å². The Hall–Kier alpha value is -3.09. The van der Waals surface area contributed by atoms with Gasteiger partial charge in [-0.3, -0.25) is 10.1 Å². The molecule has 1 aromatic carbocycles. The molecule has 0 radical (unpaired) electrons. The third kappa shape index (κ3) is 2.56. The van der Waals surface area contributed by atoms with E-state index in [-0.39, 0.29) is 11.2 Å². The van der Waals surface area contributed by atoms with Gasteiger partial charge in [-0.1, -0.05) is 0 Å². The molecule has 0 spiro atoms. The predicted molar refractivity (Wildman–Crippen MR) is 80.0 cm³/mol. The molecule has 7 nitrogen and oxygen atoms in total. The molecule has 0 fully saturated rings. The molecule has 3 aromatic rings. The summed E-state index contributed by atoms with van der Waals surface area (Å²) in [6.07, 6.45) is 1.51. The lowest BCUT2D eigenvalue weighted by atomic mass is 10.1. The molecule has 0 unspecified atom stereocenters. The first kappa shape index (κ1) is 13.9. The number of rotatable bonds is 3. The quantitative estimate of drug-likeness (QED) is 0.543. The van der Waals surface area contributed by atoms with E-state index in [1.54, 1.807) is 31.2 Å². The van der Waals surface area contributed by atoms with Crippen LogP contribution in [-0.2, 0) is 0 Å². The Labute approximate surface area is 125 Å². The third-order valence-corrected chi connectivity index (χ3v) is 3.06. The van der Waals surface area contributed by atoms with Crippen LogP contribution < -0.4 is 4.74 Å². The van der Waals surface area contributed by atoms with Gasteiger partial charge in [0.05, 0.1) is 10.3 Å². The number of benzene rings is 1. The number of nitrogens with zero attached hydrogens (tertiary/aromatic N) is 4. The molecule has 0 saturated heterocycles. The monoisotopic (exact) mass is 296 g/mol. The van der Waals surface area contributed by atoms with Gasteiger partial charge in [-0.2, -0.15) is 4.98 Å². The molecule has 3 rings (SSSR count). The van der Waals surface area contributed by atoms with Crippen molar-refractivity contribution in [3.8, 4) is 11.6 Å². The first-order valence-electron chi connectivity index (χ1n) is 6.57. The molecule has 0 saturated carbocycles. The predicted octanol–water partition coefficient (Wildman–Crippen LogP) is 3.34. The summed E-state index contributed by atoms with van der Waals surface area (Å²) in [5, 5.41) is 11.6. The molecule has 0 aliphatic carbocycles. The first-order chi connectivity index (χ1) is 10.5. The van der Waals surface area contributed by atoms with E-state index in [0.29, 0.717) is 22.8 Å². The fourth-order valence-corrected chi connectivity index (χ4v) is 2.22. The maximum absolute atomic E-state index is 11.1. The van der Waals surface area contributed by atoms with Crippen LogP contribution in [-0.4, -0.2) is 19.9 Å². The minimum Gasteiger partial charge on any atom is -0.438 e. The molecular weight excluding hydrogens is 284 g/mol. The summed E-state index contributed by atoms with van der Waals surface area (Å²) in [5.41, 5.74) is 1.01. The number of hydrogen-bond acceptors (Lipinski definition) is 6. The van der Waals surface area contributed by atoms with E-state index in [4.69, 9.17) is 4.74 Å². The molecule has 0 aliphatic rings. The van der Waals surface area contributed by atoms with Crippen LogP contribution in [0.5, 0.6) is 11.6 Å². The molecule has 0 N–H and O–H groups in total. The number of non-ortho nitro benzene ring substituents is 1. The van der Waals surface area contributed by atoms with Crippen molar-refractivity contribution in [3.63, 3.8) is 0 Å². The second-order valence-electron chi connectivity index (χ2n) is 4.74. The molecule has 0 atom stereocenters. The second kappa shape index (κ2) is 5.36. The van der Waals surface area contributed by atoms with Crippen LogP contribution in [0.2, 0.25) is 0 Å². The highest BCUT2D eigenvalue weighted by Crippen LogP contribution is 2.33. The van der Waals surface area contributed by atoms with E-state index < -0.39 is 4.92 Å². The number of nitro groups is 1. The topological polar surface area (TPSA) is 91.0 Å². The van der Waals surface area contributed by atoms with Crippen molar-refractivity contribution < 1.29 is 9.66 Å². The van der Waals surface area contributed by atoms with Crippen LogP contribution in [0.25, 0.3) is 10.9 Å². The maximum atomic E-state index is 11.1. The first-order valence-corrected chi connectivity index (χ1v) is 6.57. The molecule has 22 heavy (non-hydrogen) atoms. The molecule has 0 amide bonds. The maximum Gasteiger partial charge on any atom is 0.295 e. The van der Waals surface area contributed by atoms with Gasteiger partial charge in [0.15, 0.2) is 5.52 Å². The number of hydrogen-bond donors (Lipinski definition) is 0. The highest BCUT2D eigenvalue weighted by molar-refractivity contribution is 5.92. The summed E-state index contributed by atoms with van der Waals surface area (Å²) >= 11 is 0. The van der Waals surface area contributed by atoms with Crippen molar-refractivity contribution in [2.24, 2.45) is 0 Å². The number of pyridine rings is 1. The highest BCUT2D eigenvalue weighted by Gasteiger charge is 2.16. The lowest BCUT2D eigenvalue weighted by molar-refractivity contribution is -0.383. The number of ether oxygens (including phenoxy) is 1. The van der Waals surface area contributed by atoms with Crippen molar-refractivity contribution in [1.29, 1.82) is 0 Å². The standard InChI is InChI=1S/C15H12N4O3/c1-9-8-14(18-10(2)17-9)22-13-6-5-12(19(20)21)15-11(13)4-3-7-16-15/h3-8H,1-2H3. The van der Waals surface area contributed by atoms with E-state index in [1.807, 2.05) is 6.92 Å². The van der Waals surface area contributed by atoms with Gasteiger partial charge in [0.25, 0.3) is 5.69 Å². The van der Waals surface area contributed by atoms with Crippen LogP contribution >= 0.6 is 0 Å². The van der Waals surface area contributed by atoms with Gasteiger partial charge in [-0.25, -0.2) is 9.97 Å². The Bertz CT molecular complexity index is 860. The Morgan fingerprint density at radius 2 is 2.00 bits per heavy atom. The van der Waals surface area contributed by atoms with Crippen LogP contribution in [0, 0.1) is 24.0 Å². The fraction of sp³-hybridized carbons (Fsp3) is 0.133. The van der Waals surface area contributed by atoms with Gasteiger partial charge in [0.2, 0.25) is 5.88 Å². The van der Waals surface area contributed by atoms with Gasteiger partial charge in [0, 0.05) is 24.0 Å². The number of fused-ring (bicyclic) bond motifs is 1. The molecule has 7 heteroatoms. The number of nitro benzene ring substituents is 1. The molecular formula is C15H12N4O3. The van der Waals surface area contributed by atoms with Crippen molar-refractivity contribution in [3.05, 3.63) is 58.2 Å². The second-order valence-corrected chi connectivity index (χ2v) is 4.74. The van der Waals surface area contributed by atoms with Gasteiger partial charge >= 0.3 is 0 Å². The Morgan fingerprint density at radius 3 is 2.73 bits per heavy atom. The normalized spacial score (nSPS) is 10.6. The lowest BCUT2D eigenvalue weighted by Crippen LogP contribution is -1.97. The summed E-state index contributed by atoms with van der Waals surface area (Å²) < 4.78 is 5.77. The van der Waals surface area contributed by atoms with Gasteiger partial charge < -0.3 is 4.74 Å². The smallest absolute Gasteiger partial charge is 0.295 e. The molecule has 2 heterocycles. The van der Waals surface area contributed by atoms with Crippen molar-refractivity contribution in [2.75, 3.05) is 0 Å². The van der Waals surface area contributed by atoms with Crippen molar-refractivity contribution in [1.82, 2.24) is 15.0 Å². The molecule has 2 aromatic heterocycles. The van der Waals surface area contributed by atoms with E-state index in [2.05, 4.69) is 15.0 Å². The van der Waals surface area contributed by atoms with Gasteiger partial charge in [-0.15, -0.1) is 0 Å². The fourth-order valence-electron chi connectivity index (χ4n) is 2.22. The zero-order chi connectivity index (χ0) is 15.7. The third-order valence-electron chi connectivity index (χ3n) is 3.06. The van der Waals surface area contributed by atoms with E-state index in [9.17, 15) is 10.1 Å². The summed E-state index contributed by atoms with van der Waals surface area (Å²) in [7, 11) is 0. The van der Waals surface area contributed by atoms with Crippen LogP contribution in [0.3, 0.4) is 0 Å². The lowest BCUT2D eigenvalue weighted by Gasteiger charge is -2.09. The molecule has 110 valence electrons. The SMILES string of the molecule is Cc1cc(Oc2ccc([N+](=O)[O-])c3ncccc23)nc(C)n1. The zero-order valence-corrected chi connectivity index (χ0v) is 12.0. The largest absolute Gasteiger partial charge is 0.438 e. The van der Waals surface area contributed by atoms with E-state index >= 15 is 0 Å². The molecule has 0 aliphatic heterocycles. The van der Waals surface area contributed by atoms with Crippen LogP contribution in [0.4, 0.5) is 5.69 Å². The summed E-state index contributed by atoms with van der Waals surface area (Å²) in [6, 6.07) is 8.07. The Morgan fingerprint density at radius 1 is 1.18 bits per heavy atom. The minimum atomic E-state index is -0.460. The van der Waals surface area contributed by atoms with Gasteiger partial charge in [0.1, 0.15) is 11.6 Å². The molecule has 0 bridgehead atoms. The van der Waals surface area contributed by atoms with Crippen LogP contribution in [0.15, 0.2) is 36.5 Å². The highest BCUT2D eigenvalue weighted by atomic mass is 16.6. The minimum absolute atomic E-state index is 0.0574. The summed E-state index contributed by atoms with van der Waals surface area (Å²) in [6.45, 7) is 3.62. The summed E-state index contributed by atoms with van der Waals surface area (Å²) in [5.74, 6) is 1.45. The summed E-state index contributed by atoms with van der Waals surface area (Å²) in [4.78, 5) is 23.1. The Kier molecular flexibility index (Phi) is 3.38. The van der Waals surface area contributed by atoms with Crippen LogP contribution in [0.1, 0.15) is 11.5 Å². The van der Waals surface area contributed by atoms with Crippen molar-refractivity contribution >= 4 is 16.6 Å². The number of aryl methyl sites for hydroxylation is 2. The number of aromatic nitrogens is 3. The average Bonchev–Trinajstić information content (AvgIpc) is 2.46. The Balaban J connectivity index is 2.12. The van der Waals surface area contributed by atoms with E-state index in [1.165, 1.54) is 12.3 Å². The average molecular weight is 296 g/mol. The van der Waals surface area contributed by atoms with Crippen molar-refractivity contribution in [2.45, 2.75) is 13.8 Å². The zero-order valence-electron chi connectivity index (χ0n) is 12.0.